The molecule has 2 N–H and O–H groups in total. The lowest BCUT2D eigenvalue weighted by atomic mass is 9.93. The summed E-state index contributed by atoms with van der Waals surface area (Å²) < 4.78 is 18.6. The number of rotatable bonds is 3. The van der Waals surface area contributed by atoms with Gasteiger partial charge in [0.15, 0.2) is 0 Å². The van der Waals surface area contributed by atoms with Gasteiger partial charge in [0.1, 0.15) is 17.4 Å². The van der Waals surface area contributed by atoms with Gasteiger partial charge >= 0.3 is 5.97 Å². The second-order valence-electron chi connectivity index (χ2n) is 5.69. The minimum Gasteiger partial charge on any atom is -0.455 e. The van der Waals surface area contributed by atoms with Gasteiger partial charge in [0, 0.05) is 16.5 Å². The first kappa shape index (κ1) is 15.4. The number of aromatic nitrogens is 1. The fourth-order valence-electron chi connectivity index (χ4n) is 1.63. The second kappa shape index (κ2) is 5.81. The van der Waals surface area contributed by atoms with Crippen LogP contribution in [0.3, 0.4) is 0 Å². The number of esters is 1. The van der Waals surface area contributed by atoms with Crippen LogP contribution in [0.5, 0.6) is 0 Å². The van der Waals surface area contributed by atoms with E-state index in [-0.39, 0.29) is 17.6 Å². The molecular formula is C15H17FN2O2S. The quantitative estimate of drug-likeness (QED) is 0.696. The van der Waals surface area contributed by atoms with E-state index in [1.807, 2.05) is 5.38 Å². The Bertz CT molecular complexity index is 662. The van der Waals surface area contributed by atoms with Gasteiger partial charge in [-0.2, -0.15) is 0 Å². The predicted octanol–water partition coefficient (Wildman–Crippen LogP) is 3.52. The van der Waals surface area contributed by atoms with Crippen LogP contribution >= 0.6 is 11.3 Å². The molecule has 0 bridgehead atoms. The molecule has 1 aromatic heterocycles. The van der Waals surface area contributed by atoms with Crippen LogP contribution in [0.4, 0.5) is 10.1 Å². The highest BCUT2D eigenvalue weighted by Gasteiger charge is 2.19. The van der Waals surface area contributed by atoms with E-state index in [1.54, 1.807) is 0 Å². The molecule has 0 aliphatic rings. The molecule has 1 aromatic carbocycles. The van der Waals surface area contributed by atoms with Crippen LogP contribution in [-0.2, 0) is 16.8 Å². The summed E-state index contributed by atoms with van der Waals surface area (Å²) in [7, 11) is 0. The van der Waals surface area contributed by atoms with E-state index < -0.39 is 11.8 Å². The minimum atomic E-state index is -0.743. The van der Waals surface area contributed by atoms with E-state index in [1.165, 1.54) is 23.5 Å². The number of carbonyl (C=O) groups excluding carboxylic acids is 1. The summed E-state index contributed by atoms with van der Waals surface area (Å²) in [5, 5.41) is 2.61. The summed E-state index contributed by atoms with van der Waals surface area (Å²) in [6.45, 7) is 6.19. The zero-order valence-corrected chi connectivity index (χ0v) is 13.0. The molecule has 6 heteroatoms. The number of nitrogen functional groups attached to an aromatic ring is 1. The number of hydrogen-bond acceptors (Lipinski definition) is 5. The summed E-state index contributed by atoms with van der Waals surface area (Å²) in [5.41, 5.74) is 6.57. The zero-order valence-electron chi connectivity index (χ0n) is 12.1. The van der Waals surface area contributed by atoms with Crippen LogP contribution in [0.2, 0.25) is 0 Å². The number of nitrogens with zero attached hydrogens (tertiary/aromatic N) is 1. The van der Waals surface area contributed by atoms with E-state index in [4.69, 9.17) is 10.5 Å². The van der Waals surface area contributed by atoms with Crippen molar-refractivity contribution in [3.8, 4) is 0 Å². The molecule has 0 aliphatic carbocycles. The lowest BCUT2D eigenvalue weighted by molar-refractivity contribution is 0.0467. The van der Waals surface area contributed by atoms with Crippen molar-refractivity contribution in [1.29, 1.82) is 0 Å². The van der Waals surface area contributed by atoms with Gasteiger partial charge in [0.25, 0.3) is 0 Å². The maximum absolute atomic E-state index is 13.5. The van der Waals surface area contributed by atoms with Crippen molar-refractivity contribution >= 4 is 23.0 Å². The topological polar surface area (TPSA) is 65.2 Å². The lowest BCUT2D eigenvalue weighted by Gasteiger charge is -2.14. The molecule has 1 heterocycles. The van der Waals surface area contributed by atoms with E-state index >= 15 is 0 Å². The maximum atomic E-state index is 13.5. The van der Waals surface area contributed by atoms with Crippen LogP contribution in [0.15, 0.2) is 23.6 Å². The zero-order chi connectivity index (χ0) is 15.6. The number of carbonyl (C=O) groups is 1. The summed E-state index contributed by atoms with van der Waals surface area (Å²) in [6, 6.07) is 3.80. The highest BCUT2D eigenvalue weighted by molar-refractivity contribution is 7.09. The largest absolute Gasteiger partial charge is 0.455 e. The first-order valence-corrected chi connectivity index (χ1v) is 7.32. The molecule has 112 valence electrons. The summed E-state index contributed by atoms with van der Waals surface area (Å²) in [5.74, 6) is -1.39. The smallest absolute Gasteiger partial charge is 0.341 e. The van der Waals surface area contributed by atoms with Gasteiger partial charge in [0.2, 0.25) is 0 Å². The Morgan fingerprint density at radius 2 is 2.14 bits per heavy atom. The molecule has 2 aromatic rings. The van der Waals surface area contributed by atoms with Crippen molar-refractivity contribution < 1.29 is 13.9 Å². The standard InChI is InChI=1S/C15H17FN2O2S/c1-15(2,3)12-8-21-13(18-12)7-20-14(19)10-6-9(17)4-5-11(10)16/h4-6,8H,7,17H2,1-3H3. The molecule has 0 fully saturated rings. The van der Waals surface area contributed by atoms with Gasteiger partial charge in [-0.25, -0.2) is 14.2 Å². The lowest BCUT2D eigenvalue weighted by Crippen LogP contribution is -2.12. The Morgan fingerprint density at radius 3 is 2.76 bits per heavy atom. The number of nitrogens with two attached hydrogens (primary N) is 1. The van der Waals surface area contributed by atoms with Crippen molar-refractivity contribution in [2.45, 2.75) is 32.8 Å². The molecule has 0 saturated heterocycles. The molecule has 0 amide bonds. The average molecular weight is 308 g/mol. The average Bonchev–Trinajstić information content (AvgIpc) is 2.87. The Morgan fingerprint density at radius 1 is 1.43 bits per heavy atom. The van der Waals surface area contributed by atoms with Gasteiger partial charge < -0.3 is 10.5 Å². The normalized spacial score (nSPS) is 11.4. The Labute approximate surface area is 126 Å². The Kier molecular flexibility index (Phi) is 4.27. The number of benzene rings is 1. The van der Waals surface area contributed by atoms with Crippen LogP contribution < -0.4 is 5.73 Å². The van der Waals surface area contributed by atoms with Crippen LogP contribution in [0.1, 0.15) is 41.8 Å². The van der Waals surface area contributed by atoms with Crippen LogP contribution in [-0.4, -0.2) is 11.0 Å². The summed E-state index contributed by atoms with van der Waals surface area (Å²) in [4.78, 5) is 16.3. The Hall–Kier alpha value is -1.95. The van der Waals surface area contributed by atoms with E-state index in [0.717, 1.165) is 11.8 Å². The van der Waals surface area contributed by atoms with Gasteiger partial charge in [-0.3, -0.25) is 0 Å². The number of hydrogen-bond donors (Lipinski definition) is 1. The predicted molar refractivity (Wildman–Crippen MR) is 80.7 cm³/mol. The van der Waals surface area contributed by atoms with Crippen LogP contribution in [0, 0.1) is 5.82 Å². The van der Waals surface area contributed by atoms with Crippen molar-refractivity contribution in [2.24, 2.45) is 0 Å². The van der Waals surface area contributed by atoms with Crippen molar-refractivity contribution in [3.05, 3.63) is 45.7 Å². The van der Waals surface area contributed by atoms with E-state index in [0.29, 0.717) is 10.7 Å². The number of halogens is 1. The second-order valence-corrected chi connectivity index (χ2v) is 6.63. The molecule has 0 unspecified atom stereocenters. The van der Waals surface area contributed by atoms with Gasteiger partial charge in [-0.05, 0) is 18.2 Å². The van der Waals surface area contributed by atoms with Crippen molar-refractivity contribution in [1.82, 2.24) is 4.98 Å². The molecule has 0 spiro atoms. The molecule has 0 aliphatic heterocycles. The number of anilines is 1. The van der Waals surface area contributed by atoms with Gasteiger partial charge in [0.05, 0.1) is 11.3 Å². The monoisotopic (exact) mass is 308 g/mol. The third-order valence-corrected chi connectivity index (χ3v) is 3.68. The summed E-state index contributed by atoms with van der Waals surface area (Å²) in [6.07, 6.45) is 0. The van der Waals surface area contributed by atoms with Gasteiger partial charge in [-0.1, -0.05) is 20.8 Å². The SMILES string of the molecule is CC(C)(C)c1csc(COC(=O)c2cc(N)ccc2F)n1. The third-order valence-electron chi connectivity index (χ3n) is 2.86. The number of ether oxygens (including phenoxy) is 1. The first-order chi connectivity index (χ1) is 9.77. The summed E-state index contributed by atoms with van der Waals surface area (Å²) >= 11 is 1.41. The van der Waals surface area contributed by atoms with E-state index in [9.17, 15) is 9.18 Å². The molecule has 4 nitrogen and oxygen atoms in total. The van der Waals surface area contributed by atoms with Crippen LogP contribution in [0.25, 0.3) is 0 Å². The van der Waals surface area contributed by atoms with E-state index in [2.05, 4.69) is 25.8 Å². The maximum Gasteiger partial charge on any atom is 0.341 e. The minimum absolute atomic E-state index is 0.0216. The van der Waals surface area contributed by atoms with Gasteiger partial charge in [-0.15, -0.1) is 11.3 Å². The Balaban J connectivity index is 2.04. The molecule has 0 saturated carbocycles. The highest BCUT2D eigenvalue weighted by atomic mass is 32.1. The molecule has 21 heavy (non-hydrogen) atoms. The fourth-order valence-corrected chi connectivity index (χ4v) is 2.56. The van der Waals surface area contributed by atoms with Crippen molar-refractivity contribution in [3.63, 3.8) is 0 Å². The first-order valence-electron chi connectivity index (χ1n) is 6.44. The molecule has 0 atom stereocenters. The molecule has 0 radical (unpaired) electrons. The molecule has 2 rings (SSSR count). The number of thiazole rings is 1. The fraction of sp³-hybridized carbons (Fsp3) is 0.333. The highest BCUT2D eigenvalue weighted by Crippen LogP contribution is 2.24. The third kappa shape index (κ3) is 3.78. The molecular weight excluding hydrogens is 291 g/mol. The van der Waals surface area contributed by atoms with Crippen molar-refractivity contribution in [2.75, 3.05) is 5.73 Å².